The van der Waals surface area contributed by atoms with Crippen LogP contribution in [0, 0.1) is 11.8 Å². The molecule has 3 heterocycles. The predicted molar refractivity (Wildman–Crippen MR) is 202 cm³/mol. The van der Waals surface area contributed by atoms with Gasteiger partial charge in [0.25, 0.3) is 0 Å². The topological polar surface area (TPSA) is 174 Å². The van der Waals surface area contributed by atoms with E-state index in [1.54, 1.807) is 16.0 Å². The van der Waals surface area contributed by atoms with E-state index in [9.17, 15) is 23.1 Å². The van der Waals surface area contributed by atoms with Crippen LogP contribution in [0.1, 0.15) is 51.1 Å². The van der Waals surface area contributed by atoms with E-state index in [1.165, 1.54) is 34.8 Å². The van der Waals surface area contributed by atoms with Crippen LogP contribution < -0.4 is 5.32 Å². The molecule has 4 aromatic rings. The third-order valence-corrected chi connectivity index (χ3v) is 11.6. The molecule has 1 saturated heterocycles. The van der Waals surface area contributed by atoms with Crippen LogP contribution in [-0.4, -0.2) is 110 Å². The van der Waals surface area contributed by atoms with Gasteiger partial charge in [-0.05, 0) is 53.6 Å². The Morgan fingerprint density at radius 2 is 1.75 bits per heavy atom. The molecule has 0 bridgehead atoms. The number of amides is 3. The number of nitrogens with one attached hydrogen (secondary N) is 1. The zero-order valence-corrected chi connectivity index (χ0v) is 31.7. The number of benzene rings is 2. The number of fused-ring (bicyclic) bond motifs is 1. The summed E-state index contributed by atoms with van der Waals surface area (Å²) in [6, 6.07) is 17.0. The number of urea groups is 1. The molecule has 5 rings (SSSR count). The number of aliphatic hydroxyl groups is 1. The molecule has 2 aromatic carbocycles. The summed E-state index contributed by atoms with van der Waals surface area (Å²) < 4.78 is 31.0. The number of hydrogen-bond acceptors (Lipinski definition) is 9. The Bertz CT molecular complexity index is 1990. The number of hydrogen-bond donors (Lipinski definition) is 3. The number of aliphatic hydroxyl groups excluding tert-OH is 1. The van der Waals surface area contributed by atoms with Gasteiger partial charge in [-0.1, -0.05) is 81.7 Å². The van der Waals surface area contributed by atoms with Crippen molar-refractivity contribution in [1.82, 2.24) is 34.0 Å². The largest absolute Gasteiger partial charge is 0.411 e. The van der Waals surface area contributed by atoms with Crippen LogP contribution in [0.15, 0.2) is 83.0 Å². The second kappa shape index (κ2) is 17.3. The van der Waals surface area contributed by atoms with E-state index in [2.05, 4.69) is 20.4 Å². The predicted octanol–water partition coefficient (Wildman–Crippen LogP) is 3.86. The number of sulfonamides is 1. The van der Waals surface area contributed by atoms with Crippen LogP contribution in [0.5, 0.6) is 0 Å². The number of imidazole rings is 1. The maximum absolute atomic E-state index is 14.4. The van der Waals surface area contributed by atoms with Gasteiger partial charge in [0, 0.05) is 39.4 Å². The number of aromatic nitrogens is 3. The van der Waals surface area contributed by atoms with Gasteiger partial charge in [-0.3, -0.25) is 4.79 Å². The Balaban J connectivity index is 1.38. The van der Waals surface area contributed by atoms with Crippen LogP contribution in [0.4, 0.5) is 4.79 Å². The lowest BCUT2D eigenvalue weighted by molar-refractivity contribution is -0.128. The lowest BCUT2D eigenvalue weighted by atomic mass is 9.95. The van der Waals surface area contributed by atoms with Gasteiger partial charge in [-0.25, -0.2) is 23.2 Å². The SMILES string of the molecule is CCC(C)C(C(=O)N[C@@H](Cc1ccccc1)[C@H](O)CN(CC(C)C)S(=O)(=O)c1ccc(/C=N/O)cc1)N1CCN(Cc2nc3cccnc3n2C)C1=O. The minimum absolute atomic E-state index is 0.0212. The van der Waals surface area contributed by atoms with Crippen molar-refractivity contribution in [2.75, 3.05) is 26.2 Å². The first kappa shape index (κ1) is 39.3. The van der Waals surface area contributed by atoms with Gasteiger partial charge in [0.2, 0.25) is 15.9 Å². The minimum atomic E-state index is -4.07. The molecule has 3 N–H and O–H groups in total. The first-order valence-corrected chi connectivity index (χ1v) is 19.4. The van der Waals surface area contributed by atoms with Gasteiger partial charge in [-0.15, -0.1) is 0 Å². The lowest BCUT2D eigenvalue weighted by Crippen LogP contribution is -2.57. The molecule has 14 nitrogen and oxygen atoms in total. The third kappa shape index (κ3) is 9.21. The van der Waals surface area contributed by atoms with Crippen molar-refractivity contribution >= 4 is 39.3 Å². The third-order valence-electron chi connectivity index (χ3n) is 9.74. The molecule has 3 amide bonds. The second-order valence-electron chi connectivity index (χ2n) is 14.1. The van der Waals surface area contributed by atoms with Crippen molar-refractivity contribution in [2.24, 2.45) is 24.0 Å². The van der Waals surface area contributed by atoms with E-state index in [1.807, 2.05) is 81.8 Å². The molecule has 284 valence electrons. The van der Waals surface area contributed by atoms with Gasteiger partial charge in [0.15, 0.2) is 5.65 Å². The van der Waals surface area contributed by atoms with Crippen molar-refractivity contribution in [1.29, 1.82) is 0 Å². The zero-order chi connectivity index (χ0) is 38.3. The average molecular weight is 747 g/mol. The number of rotatable bonds is 17. The summed E-state index contributed by atoms with van der Waals surface area (Å²) in [5.74, 6) is -0.0227. The minimum Gasteiger partial charge on any atom is -0.411 e. The maximum atomic E-state index is 14.4. The molecule has 53 heavy (non-hydrogen) atoms. The molecular weight excluding hydrogens is 697 g/mol. The number of oxime groups is 1. The highest BCUT2D eigenvalue weighted by Gasteiger charge is 2.41. The van der Waals surface area contributed by atoms with E-state index in [0.29, 0.717) is 30.9 Å². The van der Waals surface area contributed by atoms with E-state index in [0.717, 1.165) is 16.7 Å². The van der Waals surface area contributed by atoms with Crippen LogP contribution in [0.2, 0.25) is 0 Å². The van der Waals surface area contributed by atoms with Gasteiger partial charge in [0.05, 0.1) is 29.8 Å². The van der Waals surface area contributed by atoms with Crippen LogP contribution >= 0.6 is 0 Å². The fourth-order valence-electron chi connectivity index (χ4n) is 6.69. The molecule has 15 heteroatoms. The number of nitrogens with zero attached hydrogens (tertiary/aromatic N) is 7. The van der Waals surface area contributed by atoms with Gasteiger partial charge >= 0.3 is 6.03 Å². The van der Waals surface area contributed by atoms with Gasteiger partial charge < -0.3 is 30.0 Å². The zero-order valence-electron chi connectivity index (χ0n) is 30.9. The quantitative estimate of drug-likeness (QED) is 0.0830. The molecular formula is C38H50N8O6S. The Hall–Kier alpha value is -4.86. The normalized spacial score (nSPS) is 16.2. The van der Waals surface area contributed by atoms with Crippen molar-refractivity contribution < 1.29 is 28.3 Å². The lowest BCUT2D eigenvalue weighted by Gasteiger charge is -2.35. The number of carbonyl (C=O) groups is 2. The van der Waals surface area contributed by atoms with Crippen molar-refractivity contribution in [3.8, 4) is 0 Å². The monoisotopic (exact) mass is 746 g/mol. The number of pyridine rings is 1. The highest BCUT2D eigenvalue weighted by Crippen LogP contribution is 2.25. The highest BCUT2D eigenvalue weighted by atomic mass is 32.2. The molecule has 4 atom stereocenters. The van der Waals surface area contributed by atoms with Crippen molar-refractivity contribution in [3.63, 3.8) is 0 Å². The van der Waals surface area contributed by atoms with Crippen LogP contribution in [-0.2, 0) is 34.8 Å². The van der Waals surface area contributed by atoms with E-state index in [-0.39, 0.29) is 48.8 Å². The van der Waals surface area contributed by atoms with E-state index < -0.39 is 34.1 Å². The Morgan fingerprint density at radius 1 is 1.04 bits per heavy atom. The number of carbonyl (C=O) groups excluding carboxylic acids is 2. The Labute approximate surface area is 311 Å². The first-order chi connectivity index (χ1) is 25.3. The van der Waals surface area contributed by atoms with Crippen LogP contribution in [0.25, 0.3) is 11.2 Å². The summed E-state index contributed by atoms with van der Waals surface area (Å²) in [6.45, 7) is 8.50. The highest BCUT2D eigenvalue weighted by molar-refractivity contribution is 7.89. The van der Waals surface area contributed by atoms with Crippen LogP contribution in [0.3, 0.4) is 0 Å². The van der Waals surface area contributed by atoms with Gasteiger partial charge in [0.1, 0.15) is 17.4 Å². The fraction of sp³-hybridized carbons (Fsp3) is 0.447. The van der Waals surface area contributed by atoms with E-state index >= 15 is 0 Å². The summed E-state index contributed by atoms with van der Waals surface area (Å²) in [5, 5.41) is 26.8. The average Bonchev–Trinajstić information content (AvgIpc) is 3.66. The second-order valence-corrected chi connectivity index (χ2v) is 16.0. The molecule has 0 radical (unpaired) electrons. The Morgan fingerprint density at radius 3 is 2.40 bits per heavy atom. The molecule has 0 aliphatic carbocycles. The Kier molecular flexibility index (Phi) is 12.9. The van der Waals surface area contributed by atoms with Gasteiger partial charge in [-0.2, -0.15) is 4.31 Å². The summed E-state index contributed by atoms with van der Waals surface area (Å²) in [4.78, 5) is 40.7. The summed E-state index contributed by atoms with van der Waals surface area (Å²) in [5.41, 5.74) is 2.82. The number of aryl methyl sites for hydroxylation is 1. The summed E-state index contributed by atoms with van der Waals surface area (Å²) >= 11 is 0. The van der Waals surface area contributed by atoms with Crippen molar-refractivity contribution in [3.05, 3.63) is 89.9 Å². The maximum Gasteiger partial charge on any atom is 0.321 e. The van der Waals surface area contributed by atoms with Crippen molar-refractivity contribution in [2.45, 2.75) is 70.2 Å². The molecule has 2 unspecified atom stereocenters. The standard InChI is InChI=1S/C38H50N8O6S/c1-6-27(4)35(46-20-19-44(38(46)49)25-34-41-31-13-10-18-39-36(31)43(34)5)37(48)42-32(21-28-11-8-7-9-12-28)33(47)24-45(23-26(2)3)53(51,52)30-16-14-29(15-17-30)22-40-50/h7-18,22,26-27,32-33,35,47,50H,6,19-21,23-25H2,1-5H3,(H,42,48)/b40-22+/t27?,32-,33+,35?/m0/s1. The molecule has 2 aromatic heterocycles. The summed E-state index contributed by atoms with van der Waals surface area (Å²) in [7, 11) is -2.21. The molecule has 0 spiro atoms. The molecule has 1 aliphatic rings. The molecule has 0 saturated carbocycles. The molecule has 1 aliphatic heterocycles. The smallest absolute Gasteiger partial charge is 0.321 e. The summed E-state index contributed by atoms with van der Waals surface area (Å²) in [6.07, 6.45) is 2.44. The first-order valence-electron chi connectivity index (χ1n) is 18.0. The fourth-order valence-corrected chi connectivity index (χ4v) is 8.32. The molecule has 1 fully saturated rings. The van der Waals surface area contributed by atoms with E-state index in [4.69, 9.17) is 5.21 Å².